The molecule has 0 aliphatic carbocycles. The Labute approximate surface area is 274 Å². The number of carbonyl (C=O) groups is 3. The van der Waals surface area contributed by atoms with Crippen LogP contribution in [0.2, 0.25) is 0 Å². The van der Waals surface area contributed by atoms with Crippen LogP contribution in [0.15, 0.2) is 71.9 Å². The third kappa shape index (κ3) is 9.13. The fraction of sp³-hybridized carbons (Fsp3) is 0.353. The van der Waals surface area contributed by atoms with Crippen LogP contribution in [0.25, 0.3) is 11.0 Å². The topological polar surface area (TPSA) is 180 Å². The van der Waals surface area contributed by atoms with Gasteiger partial charge >= 0.3 is 11.9 Å². The van der Waals surface area contributed by atoms with Gasteiger partial charge in [-0.15, -0.1) is 0 Å². The maximum absolute atomic E-state index is 13.7. The number of esters is 2. The Morgan fingerprint density at radius 1 is 1.04 bits per heavy atom. The molecule has 0 saturated heterocycles. The van der Waals surface area contributed by atoms with Gasteiger partial charge in [-0.2, -0.15) is 0 Å². The molecule has 4 aromatic rings. The van der Waals surface area contributed by atoms with E-state index >= 15 is 0 Å². The average molecular weight is 643 g/mol. The number of aromatic nitrogens is 3. The van der Waals surface area contributed by atoms with Crippen LogP contribution in [0.3, 0.4) is 0 Å². The molecule has 0 saturated carbocycles. The van der Waals surface area contributed by atoms with Crippen LogP contribution in [0.5, 0.6) is 0 Å². The number of amides is 1. The number of nitrogens with two attached hydrogens (primary N) is 2. The number of aliphatic imine (C=N–C) groups is 1. The van der Waals surface area contributed by atoms with Crippen molar-refractivity contribution in [2.45, 2.75) is 46.2 Å². The summed E-state index contributed by atoms with van der Waals surface area (Å²) in [6.45, 7) is 6.29. The molecule has 1 atom stereocenters. The monoisotopic (exact) mass is 642 g/mol. The molecule has 0 fully saturated rings. The minimum Gasteiger partial charge on any atom is -0.466 e. The fourth-order valence-electron chi connectivity index (χ4n) is 4.59. The van der Waals surface area contributed by atoms with E-state index in [-0.39, 0.29) is 43.3 Å². The summed E-state index contributed by atoms with van der Waals surface area (Å²) in [5, 5.41) is 3.35. The van der Waals surface area contributed by atoms with E-state index in [1.165, 1.54) is 4.90 Å². The van der Waals surface area contributed by atoms with E-state index in [9.17, 15) is 14.4 Å². The number of rotatable bonds is 15. The van der Waals surface area contributed by atoms with Gasteiger partial charge in [0.2, 0.25) is 0 Å². The zero-order valence-corrected chi connectivity index (χ0v) is 27.2. The van der Waals surface area contributed by atoms with Crippen LogP contribution in [0, 0.1) is 5.92 Å². The second kappa shape index (κ2) is 16.3. The molecule has 0 radical (unpaired) electrons. The van der Waals surface area contributed by atoms with Crippen molar-refractivity contribution in [2.75, 3.05) is 30.1 Å². The SMILES string of the molecule is CCCOC(=O)CCN(C(=O)c1ccc2c(c1)nc(CNc1ccc(/C(N)=N/COC(=O)C(N)C(C)C)cc1)n2C)c1ccccn1. The number of imidazole rings is 1. The Morgan fingerprint density at radius 3 is 2.47 bits per heavy atom. The summed E-state index contributed by atoms with van der Waals surface area (Å²) in [6, 6.07) is 17.3. The van der Waals surface area contributed by atoms with Crippen LogP contribution in [0.1, 0.15) is 55.4 Å². The van der Waals surface area contributed by atoms with Crippen LogP contribution in [-0.4, -0.2) is 64.1 Å². The number of benzene rings is 2. The van der Waals surface area contributed by atoms with Crippen LogP contribution in [-0.2, 0) is 32.7 Å². The summed E-state index contributed by atoms with van der Waals surface area (Å²) in [5.41, 5.74) is 15.3. The second-order valence-corrected chi connectivity index (χ2v) is 11.2. The van der Waals surface area contributed by atoms with Gasteiger partial charge in [0.05, 0.1) is 30.6 Å². The fourth-order valence-corrected chi connectivity index (χ4v) is 4.59. The summed E-state index contributed by atoms with van der Waals surface area (Å²) in [4.78, 5) is 52.5. The van der Waals surface area contributed by atoms with Gasteiger partial charge in [-0.05, 0) is 66.9 Å². The first-order valence-electron chi connectivity index (χ1n) is 15.5. The number of nitrogens with zero attached hydrogens (tertiary/aromatic N) is 5. The van der Waals surface area contributed by atoms with E-state index in [0.29, 0.717) is 35.6 Å². The molecule has 1 amide bonds. The van der Waals surface area contributed by atoms with Crippen molar-refractivity contribution in [2.24, 2.45) is 29.4 Å². The molecule has 248 valence electrons. The third-order valence-corrected chi connectivity index (χ3v) is 7.46. The first-order valence-corrected chi connectivity index (χ1v) is 15.5. The van der Waals surface area contributed by atoms with E-state index in [4.69, 9.17) is 25.9 Å². The molecule has 0 aliphatic heterocycles. The first-order chi connectivity index (χ1) is 22.6. The Kier molecular flexibility index (Phi) is 12.0. The van der Waals surface area contributed by atoms with Crippen LogP contribution < -0.4 is 21.7 Å². The smallest absolute Gasteiger partial charge is 0.324 e. The number of fused-ring (bicyclic) bond motifs is 1. The zero-order chi connectivity index (χ0) is 33.9. The summed E-state index contributed by atoms with van der Waals surface area (Å²) in [5.74, 6) is 0.226. The van der Waals surface area contributed by atoms with Gasteiger partial charge in [0, 0.05) is 36.6 Å². The lowest BCUT2D eigenvalue weighted by atomic mass is 10.1. The molecule has 1 unspecified atom stereocenters. The molecule has 4 rings (SSSR count). The van der Waals surface area contributed by atoms with Gasteiger partial charge in [-0.3, -0.25) is 19.3 Å². The van der Waals surface area contributed by atoms with Crippen molar-refractivity contribution in [3.05, 3.63) is 83.8 Å². The van der Waals surface area contributed by atoms with Gasteiger partial charge in [-0.25, -0.2) is 15.0 Å². The van der Waals surface area contributed by atoms with Crippen molar-refractivity contribution in [3.8, 4) is 0 Å². The standard InChI is InChI=1S/C34H42N8O5/c1-5-18-46-30(43)15-17-42(28-8-6-7-16-37-28)33(44)24-11-14-27-26(19-24)40-29(41(27)4)20-38-25-12-9-23(10-13-25)32(36)39-21-47-34(45)31(35)22(2)3/h6-14,16,19,22,31,38H,5,15,17-18,20-21,35H2,1-4H3,(H2,36,39). The van der Waals surface area contributed by atoms with E-state index in [1.807, 2.05) is 62.7 Å². The highest BCUT2D eigenvalue weighted by atomic mass is 16.5. The molecule has 0 spiro atoms. The van der Waals surface area contributed by atoms with Gasteiger partial charge in [0.25, 0.3) is 5.91 Å². The highest BCUT2D eigenvalue weighted by Gasteiger charge is 2.22. The van der Waals surface area contributed by atoms with Crippen molar-refractivity contribution in [1.29, 1.82) is 0 Å². The average Bonchev–Trinajstić information content (AvgIpc) is 3.40. The Morgan fingerprint density at radius 2 is 1.79 bits per heavy atom. The van der Waals surface area contributed by atoms with E-state index in [1.54, 1.807) is 36.5 Å². The van der Waals surface area contributed by atoms with Gasteiger partial charge in [0.15, 0.2) is 6.73 Å². The third-order valence-electron chi connectivity index (χ3n) is 7.46. The summed E-state index contributed by atoms with van der Waals surface area (Å²) in [6.07, 6.45) is 2.38. The lowest BCUT2D eigenvalue weighted by Crippen LogP contribution is -2.37. The predicted molar refractivity (Wildman–Crippen MR) is 181 cm³/mol. The molecule has 2 aromatic carbocycles. The number of amidine groups is 1. The van der Waals surface area contributed by atoms with E-state index in [2.05, 4.69) is 15.3 Å². The summed E-state index contributed by atoms with van der Waals surface area (Å²) in [7, 11) is 1.91. The normalized spacial score (nSPS) is 12.2. The molecule has 13 nitrogen and oxygen atoms in total. The van der Waals surface area contributed by atoms with E-state index < -0.39 is 12.0 Å². The van der Waals surface area contributed by atoms with E-state index in [0.717, 1.165) is 23.4 Å². The molecule has 2 heterocycles. The van der Waals surface area contributed by atoms with Crippen molar-refractivity contribution in [3.63, 3.8) is 0 Å². The quantitative estimate of drug-likeness (QED) is 0.0982. The lowest BCUT2D eigenvalue weighted by molar-refractivity contribution is -0.146. The number of hydrogen-bond donors (Lipinski definition) is 3. The van der Waals surface area contributed by atoms with Crippen molar-refractivity contribution in [1.82, 2.24) is 14.5 Å². The molecule has 2 aromatic heterocycles. The van der Waals surface area contributed by atoms with Crippen LogP contribution >= 0.6 is 0 Å². The number of anilines is 2. The molecular formula is C34H42N8O5. The molecular weight excluding hydrogens is 600 g/mol. The molecule has 0 bridgehead atoms. The maximum atomic E-state index is 13.7. The Balaban J connectivity index is 1.41. The minimum atomic E-state index is -0.709. The minimum absolute atomic E-state index is 0.0386. The van der Waals surface area contributed by atoms with Gasteiger partial charge in [0.1, 0.15) is 23.5 Å². The number of pyridine rings is 1. The summed E-state index contributed by atoms with van der Waals surface area (Å²) < 4.78 is 12.3. The number of hydrogen-bond acceptors (Lipinski definition) is 10. The Bertz CT molecular complexity index is 1700. The number of ether oxygens (including phenoxy) is 2. The maximum Gasteiger partial charge on any atom is 0.324 e. The largest absolute Gasteiger partial charge is 0.466 e. The Hall–Kier alpha value is -5.30. The summed E-state index contributed by atoms with van der Waals surface area (Å²) >= 11 is 0. The molecule has 13 heteroatoms. The number of nitrogens with one attached hydrogen (secondary N) is 1. The second-order valence-electron chi connectivity index (χ2n) is 11.2. The highest BCUT2D eigenvalue weighted by molar-refractivity contribution is 6.07. The highest BCUT2D eigenvalue weighted by Crippen LogP contribution is 2.21. The number of aryl methyl sites for hydroxylation is 1. The number of carbonyl (C=O) groups excluding carboxylic acids is 3. The first kappa shape index (κ1) is 34.6. The molecule has 47 heavy (non-hydrogen) atoms. The lowest BCUT2D eigenvalue weighted by Gasteiger charge is -2.21. The van der Waals surface area contributed by atoms with Gasteiger partial charge < -0.3 is 30.8 Å². The molecule has 5 N–H and O–H groups in total. The predicted octanol–water partition coefficient (Wildman–Crippen LogP) is 3.76. The van der Waals surface area contributed by atoms with Gasteiger partial charge in [-0.1, -0.05) is 26.8 Å². The zero-order valence-electron chi connectivity index (χ0n) is 27.2. The molecule has 0 aliphatic rings. The van der Waals surface area contributed by atoms with Crippen molar-refractivity contribution >= 4 is 46.2 Å². The van der Waals surface area contributed by atoms with Crippen LogP contribution in [0.4, 0.5) is 11.5 Å². The van der Waals surface area contributed by atoms with Crippen molar-refractivity contribution < 1.29 is 23.9 Å².